The van der Waals surface area contributed by atoms with Crippen LogP contribution < -0.4 is 0 Å². The summed E-state index contributed by atoms with van der Waals surface area (Å²) in [6.45, 7) is 3.42. The zero-order valence-electron chi connectivity index (χ0n) is 13.7. The minimum Gasteiger partial charge on any atom is -0.340 e. The van der Waals surface area contributed by atoms with E-state index in [0.29, 0.717) is 0 Å². The van der Waals surface area contributed by atoms with Crippen molar-refractivity contribution in [2.75, 3.05) is 0 Å². The number of rotatable bonds is 8. The Morgan fingerprint density at radius 3 is 1.73 bits per heavy atom. The van der Waals surface area contributed by atoms with Crippen molar-refractivity contribution in [2.24, 2.45) is 0 Å². The lowest BCUT2D eigenvalue weighted by Gasteiger charge is -2.07. The zero-order valence-corrected chi connectivity index (χ0v) is 13.7. The van der Waals surface area contributed by atoms with Crippen LogP contribution in [0.15, 0.2) is 48.5 Å². The fourth-order valence-electron chi connectivity index (χ4n) is 3.47. The van der Waals surface area contributed by atoms with Crippen molar-refractivity contribution < 1.29 is 0 Å². The van der Waals surface area contributed by atoms with Gasteiger partial charge >= 0.3 is 0 Å². The molecule has 0 aliphatic rings. The van der Waals surface area contributed by atoms with Gasteiger partial charge in [0.05, 0.1) is 0 Å². The first-order valence-corrected chi connectivity index (χ1v) is 8.88. The first-order chi connectivity index (χ1) is 10.9. The van der Waals surface area contributed by atoms with E-state index in [2.05, 4.69) is 60.0 Å². The molecule has 3 rings (SSSR count). The van der Waals surface area contributed by atoms with E-state index in [1.165, 1.54) is 66.8 Å². The Bertz CT molecular complexity index is 670. The van der Waals surface area contributed by atoms with Crippen LogP contribution in [0.4, 0.5) is 0 Å². The monoisotopic (exact) mass is 293 g/mol. The molecule has 116 valence electrons. The summed E-state index contributed by atoms with van der Waals surface area (Å²) in [5, 5.41) is 2.78. The summed E-state index contributed by atoms with van der Waals surface area (Å²) in [6, 6.07) is 17.6. The van der Waals surface area contributed by atoms with Crippen molar-refractivity contribution in [3.8, 4) is 0 Å². The van der Waals surface area contributed by atoms with E-state index < -0.39 is 0 Å². The average Bonchev–Trinajstić information content (AvgIpc) is 2.89. The van der Waals surface area contributed by atoms with Crippen molar-refractivity contribution in [3.05, 3.63) is 48.5 Å². The van der Waals surface area contributed by atoms with Gasteiger partial charge in [-0.25, -0.2) is 0 Å². The second-order valence-corrected chi connectivity index (χ2v) is 6.31. The summed E-state index contributed by atoms with van der Waals surface area (Å²) in [5.41, 5.74) is 2.77. The fourth-order valence-corrected chi connectivity index (χ4v) is 3.47. The third-order valence-electron chi connectivity index (χ3n) is 4.67. The van der Waals surface area contributed by atoms with Crippen LogP contribution >= 0.6 is 0 Å². The van der Waals surface area contributed by atoms with Crippen LogP contribution in [0.25, 0.3) is 21.8 Å². The molecule has 0 N–H and O–H groups in total. The molecule has 0 bridgehead atoms. The first-order valence-electron chi connectivity index (χ1n) is 8.88. The molecule has 1 heteroatoms. The van der Waals surface area contributed by atoms with Crippen LogP contribution in [0, 0.1) is 0 Å². The summed E-state index contributed by atoms with van der Waals surface area (Å²) < 4.78 is 2.51. The molecular weight excluding hydrogens is 266 g/mol. The number of nitrogens with zero attached hydrogens (tertiary/aromatic N) is 1. The van der Waals surface area contributed by atoms with E-state index in [4.69, 9.17) is 0 Å². The van der Waals surface area contributed by atoms with Crippen molar-refractivity contribution in [1.29, 1.82) is 0 Å². The van der Waals surface area contributed by atoms with E-state index >= 15 is 0 Å². The Morgan fingerprint density at radius 2 is 1.14 bits per heavy atom. The van der Waals surface area contributed by atoms with Crippen LogP contribution in [-0.4, -0.2) is 4.57 Å². The van der Waals surface area contributed by atoms with Crippen LogP contribution in [0.1, 0.15) is 51.9 Å². The third-order valence-corrected chi connectivity index (χ3v) is 4.67. The highest BCUT2D eigenvalue weighted by Gasteiger charge is 2.08. The number of aryl methyl sites for hydroxylation is 1. The van der Waals surface area contributed by atoms with Gasteiger partial charge in [0.1, 0.15) is 0 Å². The molecule has 0 radical (unpaired) electrons. The van der Waals surface area contributed by atoms with Gasteiger partial charge in [0.2, 0.25) is 0 Å². The lowest BCUT2D eigenvalue weighted by atomic mass is 10.1. The Balaban J connectivity index is 1.70. The molecule has 0 fully saturated rings. The highest BCUT2D eigenvalue weighted by atomic mass is 15.0. The molecule has 1 nitrogen and oxygen atoms in total. The third kappa shape index (κ3) is 3.19. The SMILES string of the molecule is CCCCCCCCCn1c2ccccc2c2ccccc21. The number of fused-ring (bicyclic) bond motifs is 3. The predicted molar refractivity (Wildman–Crippen MR) is 97.4 cm³/mol. The van der Waals surface area contributed by atoms with E-state index in [1.807, 2.05) is 0 Å². The quantitative estimate of drug-likeness (QED) is 0.415. The molecule has 0 aliphatic heterocycles. The number of unbranched alkanes of at least 4 members (excludes halogenated alkanes) is 6. The van der Waals surface area contributed by atoms with Gasteiger partial charge in [0.25, 0.3) is 0 Å². The largest absolute Gasteiger partial charge is 0.340 e. The Hall–Kier alpha value is -1.76. The van der Waals surface area contributed by atoms with E-state index in [9.17, 15) is 0 Å². The highest BCUT2D eigenvalue weighted by molar-refractivity contribution is 6.07. The lowest BCUT2D eigenvalue weighted by Crippen LogP contribution is -1.97. The Labute approximate surface area is 133 Å². The van der Waals surface area contributed by atoms with Crippen LogP contribution in [0.2, 0.25) is 0 Å². The molecule has 0 saturated carbocycles. The molecule has 1 heterocycles. The summed E-state index contributed by atoms with van der Waals surface area (Å²) in [4.78, 5) is 0. The maximum atomic E-state index is 2.51. The van der Waals surface area contributed by atoms with Crippen molar-refractivity contribution in [2.45, 2.75) is 58.4 Å². The number of para-hydroxylation sites is 2. The maximum Gasteiger partial charge on any atom is 0.0491 e. The summed E-state index contributed by atoms with van der Waals surface area (Å²) in [5.74, 6) is 0. The maximum absolute atomic E-state index is 2.51. The van der Waals surface area contributed by atoms with Gasteiger partial charge < -0.3 is 4.57 Å². The molecule has 1 aromatic heterocycles. The van der Waals surface area contributed by atoms with Gasteiger partial charge in [-0.2, -0.15) is 0 Å². The highest BCUT2D eigenvalue weighted by Crippen LogP contribution is 2.29. The second kappa shape index (κ2) is 7.49. The molecule has 2 aromatic carbocycles. The first kappa shape index (κ1) is 15.1. The lowest BCUT2D eigenvalue weighted by molar-refractivity contribution is 0.561. The normalized spacial score (nSPS) is 11.5. The molecule has 0 unspecified atom stereocenters. The molecule has 3 aromatic rings. The molecule has 0 aliphatic carbocycles. The van der Waals surface area contributed by atoms with E-state index in [1.54, 1.807) is 0 Å². The molecule has 0 saturated heterocycles. The van der Waals surface area contributed by atoms with Crippen LogP contribution in [-0.2, 0) is 6.54 Å². The zero-order chi connectivity index (χ0) is 15.2. The molecule has 0 atom stereocenters. The second-order valence-electron chi connectivity index (χ2n) is 6.31. The average molecular weight is 293 g/mol. The smallest absolute Gasteiger partial charge is 0.0491 e. The molecule has 0 amide bonds. The van der Waals surface area contributed by atoms with Crippen LogP contribution in [0.5, 0.6) is 0 Å². The van der Waals surface area contributed by atoms with Crippen molar-refractivity contribution >= 4 is 21.8 Å². The fraction of sp³-hybridized carbons (Fsp3) is 0.429. The number of benzene rings is 2. The minimum absolute atomic E-state index is 1.14. The van der Waals surface area contributed by atoms with E-state index in [-0.39, 0.29) is 0 Å². The molecular formula is C21H27N. The van der Waals surface area contributed by atoms with Gasteiger partial charge in [-0.3, -0.25) is 0 Å². The number of aromatic nitrogens is 1. The predicted octanol–water partition coefficient (Wildman–Crippen LogP) is 6.55. The van der Waals surface area contributed by atoms with Gasteiger partial charge in [-0.05, 0) is 18.6 Å². The van der Waals surface area contributed by atoms with Crippen molar-refractivity contribution in [3.63, 3.8) is 0 Å². The minimum atomic E-state index is 1.14. The van der Waals surface area contributed by atoms with E-state index in [0.717, 1.165) is 6.54 Å². The topological polar surface area (TPSA) is 4.93 Å². The number of hydrogen-bond donors (Lipinski definition) is 0. The van der Waals surface area contributed by atoms with Gasteiger partial charge in [0, 0.05) is 28.4 Å². The Kier molecular flexibility index (Phi) is 5.15. The summed E-state index contributed by atoms with van der Waals surface area (Å²) >= 11 is 0. The molecule has 22 heavy (non-hydrogen) atoms. The summed E-state index contributed by atoms with van der Waals surface area (Å²) in [6.07, 6.45) is 9.57. The standard InChI is InChI=1S/C21H27N/c1-2-3-4-5-6-7-12-17-22-20-15-10-8-13-18(20)19-14-9-11-16-21(19)22/h8-11,13-16H,2-7,12,17H2,1H3. The number of hydrogen-bond acceptors (Lipinski definition) is 0. The summed E-state index contributed by atoms with van der Waals surface area (Å²) in [7, 11) is 0. The van der Waals surface area contributed by atoms with Gasteiger partial charge in [0.15, 0.2) is 0 Å². The molecule has 0 spiro atoms. The Morgan fingerprint density at radius 1 is 0.636 bits per heavy atom. The van der Waals surface area contributed by atoms with Crippen LogP contribution in [0.3, 0.4) is 0 Å². The van der Waals surface area contributed by atoms with Crippen molar-refractivity contribution in [1.82, 2.24) is 4.57 Å². The van der Waals surface area contributed by atoms with Gasteiger partial charge in [-0.1, -0.05) is 81.8 Å². The van der Waals surface area contributed by atoms with Gasteiger partial charge in [-0.15, -0.1) is 0 Å².